The lowest BCUT2D eigenvalue weighted by molar-refractivity contribution is 0.0697. The molecule has 0 spiro atoms. The molecule has 4 heteroatoms. The molecule has 3 nitrogen and oxygen atoms in total. The third kappa shape index (κ3) is 2.47. The Morgan fingerprint density at radius 3 is 2.88 bits per heavy atom. The van der Waals surface area contributed by atoms with Gasteiger partial charge in [-0.2, -0.15) is 0 Å². The van der Waals surface area contributed by atoms with E-state index in [-0.39, 0.29) is 5.56 Å². The minimum absolute atomic E-state index is 0.276. The summed E-state index contributed by atoms with van der Waals surface area (Å²) in [5.74, 6) is -0.933. The maximum atomic E-state index is 11.1. The summed E-state index contributed by atoms with van der Waals surface area (Å²) in [5.41, 5.74) is 1.80. The third-order valence-corrected chi connectivity index (χ3v) is 3.16. The Morgan fingerprint density at radius 1 is 1.35 bits per heavy atom. The molecule has 86 valence electrons. The second-order valence-electron chi connectivity index (χ2n) is 3.46. The van der Waals surface area contributed by atoms with Crippen molar-refractivity contribution in [1.29, 1.82) is 0 Å². The van der Waals surface area contributed by atoms with Gasteiger partial charge in [0, 0.05) is 22.9 Å². The molecule has 0 aliphatic heterocycles. The van der Waals surface area contributed by atoms with Crippen LogP contribution in [0, 0.1) is 0 Å². The highest BCUT2D eigenvalue weighted by molar-refractivity contribution is 7.98. The summed E-state index contributed by atoms with van der Waals surface area (Å²) in [5, 5.41) is 9.12. The molecule has 2 rings (SSSR count). The standard InChI is InChI=1S/C13H11NO2S/c1-17-10-4-2-3-9(7-10)12-8-14-6-5-11(12)13(15)16/h2-8H,1H3,(H,15,16). The first-order valence-electron chi connectivity index (χ1n) is 5.04. The van der Waals surface area contributed by atoms with Crippen LogP contribution < -0.4 is 0 Å². The van der Waals surface area contributed by atoms with Crippen LogP contribution in [0.2, 0.25) is 0 Å². The normalized spacial score (nSPS) is 10.2. The number of benzene rings is 1. The van der Waals surface area contributed by atoms with E-state index in [9.17, 15) is 4.79 Å². The second-order valence-corrected chi connectivity index (χ2v) is 4.34. The van der Waals surface area contributed by atoms with E-state index in [1.54, 1.807) is 18.0 Å². The van der Waals surface area contributed by atoms with Crippen LogP contribution in [0.5, 0.6) is 0 Å². The predicted octanol–water partition coefficient (Wildman–Crippen LogP) is 3.17. The van der Waals surface area contributed by atoms with Crippen LogP contribution in [0.3, 0.4) is 0 Å². The van der Waals surface area contributed by atoms with Gasteiger partial charge in [0.2, 0.25) is 0 Å². The van der Waals surface area contributed by atoms with Crippen molar-refractivity contribution in [3.63, 3.8) is 0 Å². The van der Waals surface area contributed by atoms with Crippen molar-refractivity contribution in [3.8, 4) is 11.1 Å². The van der Waals surface area contributed by atoms with Crippen LogP contribution in [-0.4, -0.2) is 22.3 Å². The first-order chi connectivity index (χ1) is 8.22. The van der Waals surface area contributed by atoms with Crippen LogP contribution >= 0.6 is 11.8 Å². The molecule has 0 aliphatic carbocycles. The van der Waals surface area contributed by atoms with Gasteiger partial charge in [0.05, 0.1) is 5.56 Å². The van der Waals surface area contributed by atoms with Crippen molar-refractivity contribution < 1.29 is 9.90 Å². The van der Waals surface area contributed by atoms with Gasteiger partial charge in [-0.15, -0.1) is 11.8 Å². The summed E-state index contributed by atoms with van der Waals surface area (Å²) < 4.78 is 0. The lowest BCUT2D eigenvalue weighted by Gasteiger charge is -2.06. The smallest absolute Gasteiger partial charge is 0.336 e. The fourth-order valence-corrected chi connectivity index (χ4v) is 2.06. The van der Waals surface area contributed by atoms with Crippen LogP contribution in [-0.2, 0) is 0 Å². The number of carbonyl (C=O) groups is 1. The first kappa shape index (κ1) is 11.7. The minimum Gasteiger partial charge on any atom is -0.478 e. The third-order valence-electron chi connectivity index (χ3n) is 2.43. The van der Waals surface area contributed by atoms with Crippen LogP contribution in [0.15, 0.2) is 47.6 Å². The van der Waals surface area contributed by atoms with E-state index < -0.39 is 5.97 Å². The first-order valence-corrected chi connectivity index (χ1v) is 6.26. The predicted molar refractivity (Wildman–Crippen MR) is 68.4 cm³/mol. The molecule has 0 aliphatic rings. The Morgan fingerprint density at radius 2 is 2.18 bits per heavy atom. The van der Waals surface area contributed by atoms with Crippen molar-refractivity contribution in [2.24, 2.45) is 0 Å². The van der Waals surface area contributed by atoms with E-state index in [2.05, 4.69) is 4.98 Å². The summed E-state index contributed by atoms with van der Waals surface area (Å²) in [7, 11) is 0. The number of aromatic carboxylic acids is 1. The fraction of sp³-hybridized carbons (Fsp3) is 0.0769. The number of carboxylic acids is 1. The quantitative estimate of drug-likeness (QED) is 0.844. The highest BCUT2D eigenvalue weighted by atomic mass is 32.2. The summed E-state index contributed by atoms with van der Waals surface area (Å²) in [4.78, 5) is 16.2. The van der Waals surface area contributed by atoms with E-state index in [0.717, 1.165) is 10.5 Å². The summed E-state index contributed by atoms with van der Waals surface area (Å²) in [6, 6.07) is 9.28. The van der Waals surface area contributed by atoms with Crippen molar-refractivity contribution in [1.82, 2.24) is 4.98 Å². The molecular formula is C13H11NO2S. The molecule has 0 saturated carbocycles. The van der Waals surface area contributed by atoms with E-state index >= 15 is 0 Å². The highest BCUT2D eigenvalue weighted by Gasteiger charge is 2.11. The molecule has 1 heterocycles. The van der Waals surface area contributed by atoms with Gasteiger partial charge in [0.25, 0.3) is 0 Å². The zero-order chi connectivity index (χ0) is 12.3. The lowest BCUT2D eigenvalue weighted by atomic mass is 10.0. The Bertz CT molecular complexity index is 555. The monoisotopic (exact) mass is 245 g/mol. The molecule has 0 bridgehead atoms. The van der Waals surface area contributed by atoms with Gasteiger partial charge < -0.3 is 5.11 Å². The Hall–Kier alpha value is -1.81. The molecule has 0 amide bonds. The van der Waals surface area contributed by atoms with Crippen LogP contribution in [0.1, 0.15) is 10.4 Å². The lowest BCUT2D eigenvalue weighted by Crippen LogP contribution is -1.99. The molecule has 1 aromatic heterocycles. The molecule has 0 saturated heterocycles. The fourth-order valence-electron chi connectivity index (χ4n) is 1.60. The van der Waals surface area contributed by atoms with Gasteiger partial charge in [-0.25, -0.2) is 4.79 Å². The van der Waals surface area contributed by atoms with Crippen molar-refractivity contribution in [2.45, 2.75) is 4.90 Å². The number of aromatic nitrogens is 1. The number of carboxylic acid groups (broad SMARTS) is 1. The average Bonchev–Trinajstić information content (AvgIpc) is 2.39. The molecule has 2 aromatic rings. The molecular weight excluding hydrogens is 234 g/mol. The van der Waals surface area contributed by atoms with Gasteiger partial charge >= 0.3 is 5.97 Å². The zero-order valence-corrected chi connectivity index (χ0v) is 10.1. The number of hydrogen-bond donors (Lipinski definition) is 1. The SMILES string of the molecule is CSc1cccc(-c2cnccc2C(=O)O)c1. The molecule has 17 heavy (non-hydrogen) atoms. The Labute approximate surface area is 104 Å². The largest absolute Gasteiger partial charge is 0.478 e. The number of hydrogen-bond acceptors (Lipinski definition) is 3. The Balaban J connectivity index is 2.56. The zero-order valence-electron chi connectivity index (χ0n) is 9.25. The van der Waals surface area contributed by atoms with Gasteiger partial charge in [-0.1, -0.05) is 12.1 Å². The number of pyridine rings is 1. The summed E-state index contributed by atoms with van der Waals surface area (Å²) in [6.07, 6.45) is 5.06. The van der Waals surface area contributed by atoms with Gasteiger partial charge in [-0.05, 0) is 30.0 Å². The second kappa shape index (κ2) is 5.01. The number of thioether (sulfide) groups is 1. The molecule has 0 fully saturated rings. The number of rotatable bonds is 3. The molecule has 0 atom stereocenters. The highest BCUT2D eigenvalue weighted by Crippen LogP contribution is 2.26. The maximum absolute atomic E-state index is 11.1. The topological polar surface area (TPSA) is 50.2 Å². The average molecular weight is 245 g/mol. The van der Waals surface area contributed by atoms with E-state index in [1.165, 1.54) is 12.3 Å². The number of nitrogens with zero attached hydrogens (tertiary/aromatic N) is 1. The van der Waals surface area contributed by atoms with Gasteiger partial charge in [0.15, 0.2) is 0 Å². The van der Waals surface area contributed by atoms with E-state index in [1.807, 2.05) is 30.5 Å². The Kier molecular flexibility index (Phi) is 3.44. The van der Waals surface area contributed by atoms with E-state index in [0.29, 0.717) is 5.56 Å². The van der Waals surface area contributed by atoms with Crippen LogP contribution in [0.4, 0.5) is 0 Å². The molecule has 0 radical (unpaired) electrons. The van der Waals surface area contributed by atoms with Gasteiger partial charge in [0.1, 0.15) is 0 Å². The van der Waals surface area contributed by atoms with E-state index in [4.69, 9.17) is 5.11 Å². The van der Waals surface area contributed by atoms with Crippen LogP contribution in [0.25, 0.3) is 11.1 Å². The van der Waals surface area contributed by atoms with Gasteiger partial charge in [-0.3, -0.25) is 4.98 Å². The minimum atomic E-state index is -0.933. The van der Waals surface area contributed by atoms with Crippen molar-refractivity contribution >= 4 is 17.7 Å². The maximum Gasteiger partial charge on any atom is 0.336 e. The molecule has 0 unspecified atom stereocenters. The summed E-state index contributed by atoms with van der Waals surface area (Å²) >= 11 is 1.62. The summed E-state index contributed by atoms with van der Waals surface area (Å²) in [6.45, 7) is 0. The van der Waals surface area contributed by atoms with Crippen molar-refractivity contribution in [2.75, 3.05) is 6.26 Å². The molecule has 1 N–H and O–H groups in total. The van der Waals surface area contributed by atoms with Crippen molar-refractivity contribution in [3.05, 3.63) is 48.3 Å². The molecule has 1 aromatic carbocycles.